The van der Waals surface area contributed by atoms with E-state index in [0.29, 0.717) is 12.0 Å². The third-order valence-electron chi connectivity index (χ3n) is 5.07. The zero-order valence-electron chi connectivity index (χ0n) is 13.2. The molecule has 6 nitrogen and oxygen atoms in total. The van der Waals surface area contributed by atoms with Crippen molar-refractivity contribution in [3.05, 3.63) is 11.8 Å². The van der Waals surface area contributed by atoms with Crippen molar-refractivity contribution in [2.45, 2.75) is 50.6 Å². The lowest BCUT2D eigenvalue weighted by Crippen LogP contribution is -2.49. The predicted molar refractivity (Wildman–Crippen MR) is 81.6 cm³/mol. The van der Waals surface area contributed by atoms with Crippen molar-refractivity contribution in [2.24, 2.45) is 0 Å². The average Bonchev–Trinajstić information content (AvgIpc) is 3.30. The maximum atomic E-state index is 5.85. The molecule has 0 N–H and O–H groups in total. The largest absolute Gasteiger partial charge is 0.424 e. The molecule has 2 aliphatic heterocycles. The quantitative estimate of drug-likeness (QED) is 0.824. The SMILES string of the molecule is C1CCN(Cc2nnc(C3CC3)o2)C(CN2CCOCC2)C1. The van der Waals surface area contributed by atoms with E-state index in [-0.39, 0.29) is 0 Å². The molecule has 1 unspecified atom stereocenters. The van der Waals surface area contributed by atoms with Crippen molar-refractivity contribution < 1.29 is 9.15 Å². The molecule has 1 atom stereocenters. The topological polar surface area (TPSA) is 54.6 Å². The highest BCUT2D eigenvalue weighted by Gasteiger charge is 2.31. The van der Waals surface area contributed by atoms with Gasteiger partial charge in [0, 0.05) is 31.6 Å². The van der Waals surface area contributed by atoms with Gasteiger partial charge in [0.15, 0.2) is 0 Å². The minimum Gasteiger partial charge on any atom is -0.424 e. The first-order valence-corrected chi connectivity index (χ1v) is 8.75. The monoisotopic (exact) mass is 306 g/mol. The molecule has 122 valence electrons. The third-order valence-corrected chi connectivity index (χ3v) is 5.07. The highest BCUT2D eigenvalue weighted by molar-refractivity contribution is 5.00. The van der Waals surface area contributed by atoms with Gasteiger partial charge in [-0.05, 0) is 32.2 Å². The molecule has 3 heterocycles. The first-order valence-electron chi connectivity index (χ1n) is 8.75. The van der Waals surface area contributed by atoms with E-state index in [4.69, 9.17) is 9.15 Å². The van der Waals surface area contributed by atoms with Crippen LogP contribution in [0.25, 0.3) is 0 Å². The van der Waals surface area contributed by atoms with Crippen LogP contribution in [-0.4, -0.2) is 65.4 Å². The van der Waals surface area contributed by atoms with E-state index in [1.165, 1.54) is 32.1 Å². The maximum absolute atomic E-state index is 5.85. The number of morpholine rings is 1. The molecular weight excluding hydrogens is 280 g/mol. The Morgan fingerprint density at radius 1 is 1.00 bits per heavy atom. The molecule has 1 aromatic rings. The number of hydrogen-bond acceptors (Lipinski definition) is 6. The molecule has 3 aliphatic rings. The zero-order chi connectivity index (χ0) is 14.8. The van der Waals surface area contributed by atoms with Crippen LogP contribution < -0.4 is 0 Å². The van der Waals surface area contributed by atoms with E-state index in [2.05, 4.69) is 20.0 Å². The highest BCUT2D eigenvalue weighted by atomic mass is 16.5. The van der Waals surface area contributed by atoms with Crippen molar-refractivity contribution in [1.82, 2.24) is 20.0 Å². The van der Waals surface area contributed by atoms with Crippen molar-refractivity contribution in [3.8, 4) is 0 Å². The molecule has 6 heteroatoms. The van der Waals surface area contributed by atoms with Crippen LogP contribution in [0, 0.1) is 0 Å². The predicted octanol–water partition coefficient (Wildman–Crippen LogP) is 1.63. The van der Waals surface area contributed by atoms with Crippen LogP contribution in [-0.2, 0) is 11.3 Å². The summed E-state index contributed by atoms with van der Waals surface area (Å²) < 4.78 is 11.3. The molecule has 0 aromatic carbocycles. The Morgan fingerprint density at radius 3 is 2.68 bits per heavy atom. The lowest BCUT2D eigenvalue weighted by atomic mass is 10.0. The van der Waals surface area contributed by atoms with Crippen molar-refractivity contribution in [3.63, 3.8) is 0 Å². The van der Waals surface area contributed by atoms with Crippen LogP contribution in [0.2, 0.25) is 0 Å². The Kier molecular flexibility index (Phi) is 4.41. The summed E-state index contributed by atoms with van der Waals surface area (Å²) in [5.41, 5.74) is 0. The van der Waals surface area contributed by atoms with Gasteiger partial charge in [-0.25, -0.2) is 0 Å². The molecular formula is C16H26N4O2. The van der Waals surface area contributed by atoms with Crippen LogP contribution in [0.4, 0.5) is 0 Å². The molecule has 4 rings (SSSR count). The molecule has 1 aromatic heterocycles. The number of likely N-dealkylation sites (tertiary alicyclic amines) is 1. The summed E-state index contributed by atoms with van der Waals surface area (Å²) in [5.74, 6) is 2.21. The zero-order valence-corrected chi connectivity index (χ0v) is 13.2. The molecule has 2 saturated heterocycles. The van der Waals surface area contributed by atoms with Crippen LogP contribution in [0.1, 0.15) is 49.8 Å². The van der Waals surface area contributed by atoms with Gasteiger partial charge in [-0.3, -0.25) is 9.80 Å². The van der Waals surface area contributed by atoms with E-state index in [0.717, 1.165) is 57.7 Å². The van der Waals surface area contributed by atoms with Gasteiger partial charge in [-0.2, -0.15) is 0 Å². The Bertz CT molecular complexity index is 482. The fraction of sp³-hybridized carbons (Fsp3) is 0.875. The number of ether oxygens (including phenoxy) is 1. The minimum absolute atomic E-state index is 0.548. The van der Waals surface area contributed by atoms with Crippen LogP contribution in [0.15, 0.2) is 4.42 Å². The summed E-state index contributed by atoms with van der Waals surface area (Å²) in [6, 6.07) is 0.614. The van der Waals surface area contributed by atoms with E-state index in [1.54, 1.807) is 0 Å². The van der Waals surface area contributed by atoms with Gasteiger partial charge in [0.05, 0.1) is 19.8 Å². The summed E-state index contributed by atoms with van der Waals surface area (Å²) >= 11 is 0. The molecule has 0 spiro atoms. The second kappa shape index (κ2) is 6.64. The molecule has 3 fully saturated rings. The van der Waals surface area contributed by atoms with Gasteiger partial charge in [0.1, 0.15) is 0 Å². The van der Waals surface area contributed by atoms with Gasteiger partial charge in [-0.15, -0.1) is 10.2 Å². The Labute approximate surface area is 131 Å². The Morgan fingerprint density at radius 2 is 1.86 bits per heavy atom. The summed E-state index contributed by atoms with van der Waals surface area (Å²) in [7, 11) is 0. The van der Waals surface area contributed by atoms with Gasteiger partial charge >= 0.3 is 0 Å². The molecule has 0 radical (unpaired) electrons. The smallest absolute Gasteiger partial charge is 0.230 e. The summed E-state index contributed by atoms with van der Waals surface area (Å²) in [5, 5.41) is 8.47. The van der Waals surface area contributed by atoms with Crippen LogP contribution >= 0.6 is 0 Å². The van der Waals surface area contributed by atoms with Gasteiger partial charge < -0.3 is 9.15 Å². The molecule has 22 heavy (non-hydrogen) atoms. The fourth-order valence-corrected chi connectivity index (χ4v) is 3.56. The van der Waals surface area contributed by atoms with Gasteiger partial charge in [-0.1, -0.05) is 6.42 Å². The highest BCUT2D eigenvalue weighted by Crippen LogP contribution is 2.39. The minimum atomic E-state index is 0.548. The summed E-state index contributed by atoms with van der Waals surface area (Å²) in [6.07, 6.45) is 6.32. The standard InChI is InChI=1S/C16H26N4O2/c1-2-6-20(12-15-17-18-16(22-15)13-4-5-13)14(3-1)11-19-7-9-21-10-8-19/h13-14H,1-12H2. The summed E-state index contributed by atoms with van der Waals surface area (Å²) in [6.45, 7) is 6.99. The van der Waals surface area contributed by atoms with Crippen molar-refractivity contribution in [2.75, 3.05) is 39.4 Å². The first kappa shape index (κ1) is 14.6. The second-order valence-electron chi connectivity index (χ2n) is 6.84. The number of nitrogens with zero attached hydrogens (tertiary/aromatic N) is 4. The lowest BCUT2D eigenvalue weighted by molar-refractivity contribution is 0.0138. The van der Waals surface area contributed by atoms with Crippen molar-refractivity contribution >= 4 is 0 Å². The number of piperidine rings is 1. The van der Waals surface area contributed by atoms with Crippen molar-refractivity contribution in [1.29, 1.82) is 0 Å². The Hall–Kier alpha value is -0.980. The van der Waals surface area contributed by atoms with Gasteiger partial charge in [0.2, 0.25) is 11.8 Å². The van der Waals surface area contributed by atoms with E-state index in [1.807, 2.05) is 0 Å². The Balaban J connectivity index is 1.36. The first-order chi connectivity index (χ1) is 10.9. The average molecular weight is 306 g/mol. The summed E-state index contributed by atoms with van der Waals surface area (Å²) in [4.78, 5) is 5.08. The molecule has 1 aliphatic carbocycles. The number of aromatic nitrogens is 2. The number of rotatable bonds is 5. The van der Waals surface area contributed by atoms with E-state index < -0.39 is 0 Å². The number of hydrogen-bond donors (Lipinski definition) is 0. The van der Waals surface area contributed by atoms with Gasteiger partial charge in [0.25, 0.3) is 0 Å². The van der Waals surface area contributed by atoms with Crippen LogP contribution in [0.5, 0.6) is 0 Å². The van der Waals surface area contributed by atoms with E-state index in [9.17, 15) is 0 Å². The lowest BCUT2D eigenvalue weighted by Gasteiger charge is -2.39. The molecule has 0 bridgehead atoms. The second-order valence-corrected chi connectivity index (χ2v) is 6.84. The van der Waals surface area contributed by atoms with E-state index >= 15 is 0 Å². The molecule has 1 saturated carbocycles. The third kappa shape index (κ3) is 3.50. The fourth-order valence-electron chi connectivity index (χ4n) is 3.56. The molecule has 0 amide bonds. The van der Waals surface area contributed by atoms with Crippen LogP contribution in [0.3, 0.4) is 0 Å². The normalized spacial score (nSPS) is 28.1. The maximum Gasteiger partial charge on any atom is 0.230 e.